The van der Waals surface area contributed by atoms with Crippen LogP contribution in [-0.4, -0.2) is 23.9 Å². The number of rotatable bonds is 6. The number of hydrogen-bond donors (Lipinski definition) is 1. The average Bonchev–Trinajstić information content (AvgIpc) is 2.89. The molecule has 0 bridgehead atoms. The first-order valence-corrected chi connectivity index (χ1v) is 6.05. The Kier molecular flexibility index (Phi) is 4.59. The van der Waals surface area contributed by atoms with E-state index in [0.717, 1.165) is 6.42 Å². The van der Waals surface area contributed by atoms with E-state index in [1.165, 1.54) is 12.1 Å². The van der Waals surface area contributed by atoms with Crippen molar-refractivity contribution in [2.75, 3.05) is 13.7 Å². The molecule has 102 valence electrons. The molecule has 19 heavy (non-hydrogen) atoms. The Morgan fingerprint density at radius 1 is 1.37 bits per heavy atom. The van der Waals surface area contributed by atoms with Crippen LogP contribution in [0.4, 0.5) is 4.39 Å². The summed E-state index contributed by atoms with van der Waals surface area (Å²) in [6.07, 6.45) is 1.53. The van der Waals surface area contributed by atoms with Crippen LogP contribution in [0.1, 0.15) is 24.8 Å². The summed E-state index contributed by atoms with van der Waals surface area (Å²) in [4.78, 5) is 4.22. The molecule has 2 aromatic rings. The molecule has 0 fully saturated rings. The van der Waals surface area contributed by atoms with Crippen LogP contribution in [0.5, 0.6) is 0 Å². The normalized spacial score (nSPS) is 12.6. The lowest BCUT2D eigenvalue weighted by molar-refractivity contribution is 0.188. The maximum absolute atomic E-state index is 12.8. The summed E-state index contributed by atoms with van der Waals surface area (Å²) in [7, 11) is 1.64. The fourth-order valence-corrected chi connectivity index (χ4v) is 1.67. The van der Waals surface area contributed by atoms with Crippen molar-refractivity contribution in [2.24, 2.45) is 5.73 Å². The third-order valence-electron chi connectivity index (χ3n) is 2.72. The Labute approximate surface area is 110 Å². The minimum Gasteiger partial charge on any atom is -0.385 e. The summed E-state index contributed by atoms with van der Waals surface area (Å²) in [6.45, 7) is 0.645. The number of halogens is 1. The predicted octanol–water partition coefficient (Wildman–Crippen LogP) is 2.30. The highest BCUT2D eigenvalue weighted by Gasteiger charge is 2.15. The molecule has 0 radical (unpaired) electrons. The van der Waals surface area contributed by atoms with E-state index in [0.29, 0.717) is 30.3 Å². The summed E-state index contributed by atoms with van der Waals surface area (Å²) in [5, 5.41) is 3.85. The highest BCUT2D eigenvalue weighted by molar-refractivity contribution is 5.53. The van der Waals surface area contributed by atoms with E-state index >= 15 is 0 Å². The molecule has 1 atom stereocenters. The maximum Gasteiger partial charge on any atom is 0.243 e. The quantitative estimate of drug-likeness (QED) is 0.811. The topological polar surface area (TPSA) is 74.2 Å². The average molecular weight is 265 g/mol. The third-order valence-corrected chi connectivity index (χ3v) is 2.72. The molecular weight excluding hydrogens is 249 g/mol. The zero-order chi connectivity index (χ0) is 13.7. The Bertz CT molecular complexity index is 513. The van der Waals surface area contributed by atoms with Crippen molar-refractivity contribution in [1.29, 1.82) is 0 Å². The van der Waals surface area contributed by atoms with Crippen molar-refractivity contribution in [3.05, 3.63) is 36.0 Å². The van der Waals surface area contributed by atoms with Gasteiger partial charge in [0.25, 0.3) is 0 Å². The molecule has 1 aromatic carbocycles. The van der Waals surface area contributed by atoms with Gasteiger partial charge in [0.15, 0.2) is 0 Å². The molecular formula is C13H16FN3O2. The van der Waals surface area contributed by atoms with Gasteiger partial charge in [0.2, 0.25) is 11.7 Å². The largest absolute Gasteiger partial charge is 0.385 e. The van der Waals surface area contributed by atoms with Crippen LogP contribution in [-0.2, 0) is 4.74 Å². The first-order valence-electron chi connectivity index (χ1n) is 6.05. The van der Waals surface area contributed by atoms with Gasteiger partial charge in [0.05, 0.1) is 6.04 Å². The number of ether oxygens (including phenoxy) is 1. The minimum absolute atomic E-state index is 0.302. The van der Waals surface area contributed by atoms with E-state index in [9.17, 15) is 4.39 Å². The zero-order valence-electron chi connectivity index (χ0n) is 10.7. The van der Waals surface area contributed by atoms with Gasteiger partial charge in [-0.15, -0.1) is 0 Å². The minimum atomic E-state index is -0.308. The Balaban J connectivity index is 2.04. The summed E-state index contributed by atoms with van der Waals surface area (Å²) in [5.74, 6) is 0.497. The van der Waals surface area contributed by atoms with Gasteiger partial charge in [-0.05, 0) is 37.1 Å². The van der Waals surface area contributed by atoms with Gasteiger partial charge in [0, 0.05) is 19.3 Å². The Morgan fingerprint density at radius 3 is 2.79 bits per heavy atom. The molecule has 0 spiro atoms. The highest BCUT2D eigenvalue weighted by Crippen LogP contribution is 2.20. The van der Waals surface area contributed by atoms with E-state index < -0.39 is 0 Å². The van der Waals surface area contributed by atoms with Crippen molar-refractivity contribution in [2.45, 2.75) is 18.9 Å². The predicted molar refractivity (Wildman–Crippen MR) is 67.7 cm³/mol. The van der Waals surface area contributed by atoms with Gasteiger partial charge >= 0.3 is 0 Å². The van der Waals surface area contributed by atoms with Crippen molar-refractivity contribution in [3.63, 3.8) is 0 Å². The van der Waals surface area contributed by atoms with Gasteiger partial charge < -0.3 is 15.0 Å². The van der Waals surface area contributed by atoms with Crippen LogP contribution >= 0.6 is 0 Å². The number of methoxy groups -OCH3 is 1. The monoisotopic (exact) mass is 265 g/mol. The molecule has 1 heterocycles. The van der Waals surface area contributed by atoms with Gasteiger partial charge in [-0.1, -0.05) is 5.16 Å². The molecule has 6 heteroatoms. The van der Waals surface area contributed by atoms with Crippen molar-refractivity contribution in [3.8, 4) is 11.4 Å². The van der Waals surface area contributed by atoms with E-state index in [1.807, 2.05) is 0 Å². The lowest BCUT2D eigenvalue weighted by atomic mass is 10.1. The molecule has 1 aromatic heterocycles. The fraction of sp³-hybridized carbons (Fsp3) is 0.385. The lowest BCUT2D eigenvalue weighted by Crippen LogP contribution is -2.11. The van der Waals surface area contributed by atoms with Crippen LogP contribution in [0.15, 0.2) is 28.8 Å². The van der Waals surface area contributed by atoms with Crippen LogP contribution in [0, 0.1) is 5.82 Å². The number of hydrogen-bond acceptors (Lipinski definition) is 5. The highest BCUT2D eigenvalue weighted by atomic mass is 19.1. The third kappa shape index (κ3) is 3.59. The van der Waals surface area contributed by atoms with Crippen molar-refractivity contribution >= 4 is 0 Å². The van der Waals surface area contributed by atoms with Crippen molar-refractivity contribution in [1.82, 2.24) is 10.1 Å². The fourth-order valence-electron chi connectivity index (χ4n) is 1.67. The molecule has 0 saturated heterocycles. The van der Waals surface area contributed by atoms with Crippen LogP contribution in [0.25, 0.3) is 11.4 Å². The zero-order valence-corrected chi connectivity index (χ0v) is 10.7. The number of aromatic nitrogens is 2. The molecule has 0 amide bonds. The second-order valence-corrected chi connectivity index (χ2v) is 4.20. The Morgan fingerprint density at radius 2 is 2.11 bits per heavy atom. The standard InChI is InChI=1S/C13H16FN3O2/c1-18-8-2-3-11(15)13-16-12(17-19-13)9-4-6-10(14)7-5-9/h4-7,11H,2-3,8,15H2,1H3. The number of benzene rings is 1. The summed E-state index contributed by atoms with van der Waals surface area (Å²) in [5.41, 5.74) is 6.63. The molecule has 0 aliphatic heterocycles. The van der Waals surface area contributed by atoms with Crippen molar-refractivity contribution < 1.29 is 13.7 Å². The second-order valence-electron chi connectivity index (χ2n) is 4.20. The smallest absolute Gasteiger partial charge is 0.243 e. The van der Waals surface area contributed by atoms with E-state index in [4.69, 9.17) is 15.0 Å². The number of nitrogens with zero attached hydrogens (tertiary/aromatic N) is 2. The van der Waals surface area contributed by atoms with Gasteiger partial charge in [0.1, 0.15) is 5.82 Å². The maximum atomic E-state index is 12.8. The molecule has 5 nitrogen and oxygen atoms in total. The Hall–Kier alpha value is -1.79. The van der Waals surface area contributed by atoms with Crippen LogP contribution < -0.4 is 5.73 Å². The number of nitrogens with two attached hydrogens (primary N) is 1. The van der Waals surface area contributed by atoms with E-state index in [2.05, 4.69) is 10.1 Å². The summed E-state index contributed by atoms with van der Waals surface area (Å²) < 4.78 is 22.9. The summed E-state index contributed by atoms with van der Waals surface area (Å²) in [6, 6.07) is 5.59. The molecule has 0 saturated carbocycles. The van der Waals surface area contributed by atoms with Gasteiger partial charge in [-0.2, -0.15) is 4.98 Å². The van der Waals surface area contributed by atoms with Gasteiger partial charge in [-0.3, -0.25) is 0 Å². The lowest BCUT2D eigenvalue weighted by Gasteiger charge is -2.04. The van der Waals surface area contributed by atoms with E-state index in [-0.39, 0.29) is 11.9 Å². The van der Waals surface area contributed by atoms with Gasteiger partial charge in [-0.25, -0.2) is 4.39 Å². The van der Waals surface area contributed by atoms with E-state index in [1.54, 1.807) is 19.2 Å². The molecule has 2 rings (SSSR count). The SMILES string of the molecule is COCCCC(N)c1nc(-c2ccc(F)cc2)no1. The summed E-state index contributed by atoms with van der Waals surface area (Å²) >= 11 is 0. The van der Waals surface area contributed by atoms with Crippen LogP contribution in [0.2, 0.25) is 0 Å². The van der Waals surface area contributed by atoms with Crippen LogP contribution in [0.3, 0.4) is 0 Å². The second kappa shape index (κ2) is 6.40. The molecule has 1 unspecified atom stereocenters. The first-order chi connectivity index (χ1) is 9.20. The first kappa shape index (κ1) is 13.6. The molecule has 0 aliphatic rings. The molecule has 2 N–H and O–H groups in total. The molecule has 0 aliphatic carbocycles.